The number of ether oxygens (including phenoxy) is 2. The molecule has 3 atom stereocenters. The van der Waals surface area contributed by atoms with Crippen LogP contribution < -0.4 is 0 Å². The van der Waals surface area contributed by atoms with Crippen LogP contribution in [0.3, 0.4) is 0 Å². The molecule has 1 aliphatic rings. The molecule has 0 spiro atoms. The van der Waals surface area contributed by atoms with Crippen LogP contribution in [-0.4, -0.2) is 38.8 Å². The van der Waals surface area contributed by atoms with E-state index in [4.69, 9.17) is 14.6 Å². The summed E-state index contributed by atoms with van der Waals surface area (Å²) < 4.78 is 8.89. The highest BCUT2D eigenvalue weighted by molar-refractivity contribution is 14.1. The SMILES string of the molecule is CC(=O)OC1(I)C[C@H](O)[C@@H](CO)O1. The number of carbonyl (C=O) groups excluding carboxylic acids is 1. The Morgan fingerprint density at radius 3 is 2.85 bits per heavy atom. The molecular weight excluding hydrogens is 291 g/mol. The van der Waals surface area contributed by atoms with Crippen molar-refractivity contribution in [1.29, 1.82) is 0 Å². The molecule has 0 aliphatic carbocycles. The van der Waals surface area contributed by atoms with Crippen LogP contribution in [0.2, 0.25) is 0 Å². The highest BCUT2D eigenvalue weighted by atomic mass is 127. The third kappa shape index (κ3) is 2.76. The van der Waals surface area contributed by atoms with E-state index >= 15 is 0 Å². The van der Waals surface area contributed by atoms with E-state index in [1.807, 2.05) is 0 Å². The van der Waals surface area contributed by atoms with Gasteiger partial charge in [0, 0.05) is 29.5 Å². The molecule has 0 aromatic carbocycles. The summed E-state index contributed by atoms with van der Waals surface area (Å²) in [5.74, 6) is -0.472. The maximum absolute atomic E-state index is 10.7. The van der Waals surface area contributed by atoms with Crippen LogP contribution in [-0.2, 0) is 14.3 Å². The lowest BCUT2D eigenvalue weighted by Crippen LogP contribution is -2.28. The first-order chi connectivity index (χ1) is 5.97. The van der Waals surface area contributed by atoms with E-state index in [0.717, 1.165) is 0 Å². The van der Waals surface area contributed by atoms with Gasteiger partial charge < -0.3 is 19.7 Å². The molecule has 0 aromatic heterocycles. The Labute approximate surface area is 89.2 Å². The highest BCUT2D eigenvalue weighted by Crippen LogP contribution is 2.37. The summed E-state index contributed by atoms with van der Waals surface area (Å²) in [6.45, 7) is 0.982. The van der Waals surface area contributed by atoms with Crippen LogP contribution in [0.4, 0.5) is 0 Å². The van der Waals surface area contributed by atoms with Gasteiger partial charge in [-0.1, -0.05) is 0 Å². The summed E-state index contributed by atoms with van der Waals surface area (Å²) in [6.07, 6.45) is -1.28. The number of esters is 1. The maximum atomic E-state index is 10.7. The van der Waals surface area contributed by atoms with Crippen LogP contribution in [0.15, 0.2) is 0 Å². The Kier molecular flexibility index (Phi) is 3.50. The van der Waals surface area contributed by atoms with Crippen molar-refractivity contribution in [3.05, 3.63) is 0 Å². The summed E-state index contributed by atoms with van der Waals surface area (Å²) in [7, 11) is 0. The summed E-state index contributed by atoms with van der Waals surface area (Å²) in [5.41, 5.74) is 0. The maximum Gasteiger partial charge on any atom is 0.305 e. The molecule has 0 aromatic rings. The van der Waals surface area contributed by atoms with E-state index in [-0.39, 0.29) is 13.0 Å². The third-order valence-corrected chi connectivity index (χ3v) is 2.60. The van der Waals surface area contributed by atoms with Gasteiger partial charge in [0.05, 0.1) is 19.1 Å². The van der Waals surface area contributed by atoms with Crippen LogP contribution in [0.25, 0.3) is 0 Å². The topological polar surface area (TPSA) is 76.0 Å². The Bertz CT molecular complexity index is 209. The Balaban J connectivity index is 2.58. The fourth-order valence-electron chi connectivity index (χ4n) is 1.17. The van der Waals surface area contributed by atoms with E-state index in [0.29, 0.717) is 0 Å². The lowest BCUT2D eigenvalue weighted by Gasteiger charge is -2.20. The van der Waals surface area contributed by atoms with Crippen LogP contribution in [0.5, 0.6) is 0 Å². The fourth-order valence-corrected chi connectivity index (χ4v) is 2.26. The van der Waals surface area contributed by atoms with Crippen molar-refractivity contribution in [1.82, 2.24) is 0 Å². The molecule has 1 unspecified atom stereocenters. The van der Waals surface area contributed by atoms with Gasteiger partial charge in [-0.15, -0.1) is 0 Å². The monoisotopic (exact) mass is 302 g/mol. The molecule has 2 N–H and O–H groups in total. The van der Waals surface area contributed by atoms with Gasteiger partial charge in [-0.3, -0.25) is 4.79 Å². The van der Waals surface area contributed by atoms with Gasteiger partial charge in [-0.05, 0) is 0 Å². The minimum absolute atomic E-state index is 0.179. The molecule has 6 heteroatoms. The van der Waals surface area contributed by atoms with Gasteiger partial charge in [-0.25, -0.2) is 0 Å². The molecule has 76 valence electrons. The summed E-state index contributed by atoms with van der Waals surface area (Å²) in [4.78, 5) is 10.7. The van der Waals surface area contributed by atoms with Crippen molar-refractivity contribution in [2.45, 2.75) is 29.3 Å². The molecular formula is C7H11IO5. The number of rotatable bonds is 2. The smallest absolute Gasteiger partial charge is 0.305 e. The number of carbonyl (C=O) groups is 1. The molecule has 0 saturated carbocycles. The minimum Gasteiger partial charge on any atom is -0.424 e. The van der Waals surface area contributed by atoms with Crippen LogP contribution in [0, 0.1) is 0 Å². The van der Waals surface area contributed by atoms with Gasteiger partial charge in [-0.2, -0.15) is 0 Å². The third-order valence-electron chi connectivity index (χ3n) is 1.69. The highest BCUT2D eigenvalue weighted by Gasteiger charge is 2.46. The zero-order valence-electron chi connectivity index (χ0n) is 7.07. The second-order valence-electron chi connectivity index (χ2n) is 2.86. The van der Waals surface area contributed by atoms with E-state index < -0.39 is 22.0 Å². The van der Waals surface area contributed by atoms with E-state index in [2.05, 4.69) is 0 Å². The molecule has 0 radical (unpaired) electrons. The second-order valence-corrected chi connectivity index (χ2v) is 4.51. The molecule has 1 fully saturated rings. The fraction of sp³-hybridized carbons (Fsp3) is 0.857. The molecule has 1 rings (SSSR count). The van der Waals surface area contributed by atoms with Crippen molar-refractivity contribution < 1.29 is 24.5 Å². The quantitative estimate of drug-likeness (QED) is 0.419. The lowest BCUT2D eigenvalue weighted by atomic mass is 10.2. The molecule has 5 nitrogen and oxygen atoms in total. The summed E-state index contributed by atoms with van der Waals surface area (Å²) >= 11 is 1.80. The molecule has 1 aliphatic heterocycles. The Morgan fingerprint density at radius 2 is 2.46 bits per heavy atom. The molecule has 1 heterocycles. The average molecular weight is 302 g/mol. The first-order valence-corrected chi connectivity index (χ1v) is 4.90. The van der Waals surface area contributed by atoms with Gasteiger partial charge in [0.15, 0.2) is 0 Å². The predicted molar refractivity (Wildman–Crippen MR) is 51.1 cm³/mol. The predicted octanol–water partition coefficient (Wildman–Crippen LogP) is -0.220. The molecule has 0 amide bonds. The zero-order valence-corrected chi connectivity index (χ0v) is 9.22. The number of hydrogen-bond donors (Lipinski definition) is 2. The van der Waals surface area contributed by atoms with Gasteiger partial charge >= 0.3 is 5.97 Å². The number of aliphatic hydroxyl groups excluding tert-OH is 2. The first-order valence-electron chi connectivity index (χ1n) is 3.82. The summed E-state index contributed by atoms with van der Waals surface area (Å²) in [6, 6.07) is 0. The van der Waals surface area contributed by atoms with Crippen molar-refractivity contribution in [2.75, 3.05) is 6.61 Å². The molecule has 1 saturated heterocycles. The molecule has 13 heavy (non-hydrogen) atoms. The van der Waals surface area contributed by atoms with Crippen molar-refractivity contribution >= 4 is 28.6 Å². The number of halogens is 1. The number of alkyl halides is 1. The van der Waals surface area contributed by atoms with Gasteiger partial charge in [0.25, 0.3) is 3.79 Å². The van der Waals surface area contributed by atoms with Crippen molar-refractivity contribution in [3.63, 3.8) is 0 Å². The van der Waals surface area contributed by atoms with E-state index in [1.54, 1.807) is 22.6 Å². The average Bonchev–Trinajstić information content (AvgIpc) is 2.24. The number of hydrogen-bond acceptors (Lipinski definition) is 5. The van der Waals surface area contributed by atoms with Crippen molar-refractivity contribution in [2.24, 2.45) is 0 Å². The lowest BCUT2D eigenvalue weighted by molar-refractivity contribution is -0.181. The second kappa shape index (κ2) is 4.07. The van der Waals surface area contributed by atoms with Crippen LogP contribution in [0.1, 0.15) is 13.3 Å². The Morgan fingerprint density at radius 1 is 1.85 bits per heavy atom. The van der Waals surface area contributed by atoms with E-state index in [1.165, 1.54) is 6.92 Å². The van der Waals surface area contributed by atoms with Gasteiger partial charge in [0.2, 0.25) is 0 Å². The van der Waals surface area contributed by atoms with Gasteiger partial charge in [0.1, 0.15) is 6.10 Å². The van der Waals surface area contributed by atoms with Crippen molar-refractivity contribution in [3.8, 4) is 0 Å². The van der Waals surface area contributed by atoms with E-state index in [9.17, 15) is 9.90 Å². The zero-order chi connectivity index (χ0) is 10.1. The number of aliphatic hydroxyl groups is 2. The standard InChI is InChI=1S/C7H11IO5/c1-4(10)12-7(8)2-5(11)6(3-9)13-7/h5-6,9,11H,2-3H2,1H3/t5-,6+,7?/m0/s1. The minimum atomic E-state index is -1.13. The Hall–Kier alpha value is 0.0800. The summed E-state index contributed by atoms with van der Waals surface area (Å²) in [5, 5.41) is 18.1. The first kappa shape index (κ1) is 11.2. The molecule has 0 bridgehead atoms. The normalized spacial score (nSPS) is 39.1. The van der Waals surface area contributed by atoms with Crippen LogP contribution >= 0.6 is 22.6 Å². The largest absolute Gasteiger partial charge is 0.424 e.